The third-order valence-electron chi connectivity index (χ3n) is 2.55. The summed E-state index contributed by atoms with van der Waals surface area (Å²) in [6.07, 6.45) is -3.53. The van der Waals surface area contributed by atoms with Crippen molar-refractivity contribution in [2.24, 2.45) is 0 Å². The van der Waals surface area contributed by atoms with Crippen LogP contribution in [0.4, 0.5) is 17.6 Å². The number of benzene rings is 1. The van der Waals surface area contributed by atoms with E-state index in [0.717, 1.165) is 30.5 Å². The Kier molecular flexibility index (Phi) is 5.13. The smallest absolute Gasteiger partial charge is 0.422 e. The molecule has 0 atom stereocenters. The molecule has 0 aliphatic rings. The van der Waals surface area contributed by atoms with Gasteiger partial charge in [-0.05, 0) is 12.1 Å². The number of rotatable bonds is 5. The Morgan fingerprint density at radius 1 is 1.25 bits per heavy atom. The minimum Gasteiger partial charge on any atom is -0.545 e. The van der Waals surface area contributed by atoms with E-state index in [4.69, 9.17) is 16.3 Å². The zero-order valence-electron chi connectivity index (χ0n) is 11.6. The number of alkyl halides is 3. The Labute approximate surface area is 137 Å². The van der Waals surface area contributed by atoms with Gasteiger partial charge in [0.15, 0.2) is 6.61 Å². The van der Waals surface area contributed by atoms with Gasteiger partial charge in [0, 0.05) is 17.7 Å². The van der Waals surface area contributed by atoms with Crippen LogP contribution in [0.5, 0.6) is 17.4 Å². The summed E-state index contributed by atoms with van der Waals surface area (Å²) in [6, 6.07) is 4.02. The van der Waals surface area contributed by atoms with E-state index in [2.05, 4.69) is 9.72 Å². The van der Waals surface area contributed by atoms with Crippen molar-refractivity contribution in [3.05, 3.63) is 46.9 Å². The first kappa shape index (κ1) is 17.8. The van der Waals surface area contributed by atoms with Crippen LogP contribution in [-0.4, -0.2) is 23.7 Å². The van der Waals surface area contributed by atoms with Gasteiger partial charge in [-0.15, -0.1) is 0 Å². The molecular formula is C14H7ClF4NO4-. The molecule has 0 spiro atoms. The Hall–Kier alpha value is -2.55. The molecule has 1 aromatic heterocycles. The molecule has 1 heterocycles. The summed E-state index contributed by atoms with van der Waals surface area (Å²) in [5, 5.41) is 10.3. The molecule has 2 rings (SSSR count). The number of carboxylic acids is 1. The second-order valence-electron chi connectivity index (χ2n) is 4.39. The van der Waals surface area contributed by atoms with Gasteiger partial charge in [-0.3, -0.25) is 0 Å². The Morgan fingerprint density at radius 3 is 2.50 bits per heavy atom. The molecular weight excluding hydrogens is 358 g/mol. The first-order chi connectivity index (χ1) is 11.2. The number of halogens is 5. The first-order valence-corrected chi connectivity index (χ1v) is 6.57. The summed E-state index contributed by atoms with van der Waals surface area (Å²) in [4.78, 5) is 14.2. The number of aromatic nitrogens is 1. The lowest BCUT2D eigenvalue weighted by atomic mass is 10.2. The van der Waals surface area contributed by atoms with Gasteiger partial charge >= 0.3 is 6.18 Å². The maximum Gasteiger partial charge on any atom is 0.422 e. The quantitative estimate of drug-likeness (QED) is 0.763. The number of aromatic carboxylic acids is 1. The number of ether oxygens (including phenoxy) is 2. The zero-order valence-corrected chi connectivity index (χ0v) is 12.3. The molecule has 0 aliphatic heterocycles. The Bertz CT molecular complexity index is 767. The number of nitrogens with zero attached hydrogens (tertiary/aromatic N) is 1. The lowest BCUT2D eigenvalue weighted by Crippen LogP contribution is -2.23. The molecule has 5 nitrogen and oxygen atoms in total. The van der Waals surface area contributed by atoms with Crippen molar-refractivity contribution in [3.8, 4) is 17.4 Å². The van der Waals surface area contributed by atoms with E-state index in [1.165, 1.54) is 0 Å². The van der Waals surface area contributed by atoms with Crippen LogP contribution in [0.15, 0.2) is 30.5 Å². The van der Waals surface area contributed by atoms with Gasteiger partial charge in [-0.2, -0.15) is 13.2 Å². The summed E-state index contributed by atoms with van der Waals surface area (Å²) in [5.74, 6) is -3.29. The summed E-state index contributed by atoms with van der Waals surface area (Å²) in [6.45, 7) is -1.56. The van der Waals surface area contributed by atoms with E-state index in [1.54, 1.807) is 0 Å². The minimum absolute atomic E-state index is 0.0139. The second-order valence-corrected chi connectivity index (χ2v) is 4.80. The molecule has 0 fully saturated rings. The molecule has 10 heteroatoms. The van der Waals surface area contributed by atoms with Crippen molar-refractivity contribution in [3.63, 3.8) is 0 Å². The zero-order chi connectivity index (χ0) is 17.9. The van der Waals surface area contributed by atoms with Crippen molar-refractivity contribution in [2.75, 3.05) is 6.61 Å². The highest BCUT2D eigenvalue weighted by Crippen LogP contribution is 2.30. The maximum atomic E-state index is 13.5. The first-order valence-electron chi connectivity index (χ1n) is 6.19. The molecule has 0 saturated carbocycles. The predicted molar refractivity (Wildman–Crippen MR) is 71.6 cm³/mol. The van der Waals surface area contributed by atoms with Gasteiger partial charge in [0.1, 0.15) is 22.3 Å². The van der Waals surface area contributed by atoms with Crippen LogP contribution in [0.2, 0.25) is 5.02 Å². The van der Waals surface area contributed by atoms with Gasteiger partial charge in [-0.1, -0.05) is 11.6 Å². The van der Waals surface area contributed by atoms with Crippen LogP contribution in [0.1, 0.15) is 10.4 Å². The van der Waals surface area contributed by atoms with Crippen molar-refractivity contribution < 1.29 is 36.9 Å². The van der Waals surface area contributed by atoms with Crippen LogP contribution in [0, 0.1) is 5.82 Å². The summed E-state index contributed by atoms with van der Waals surface area (Å²) in [7, 11) is 0. The van der Waals surface area contributed by atoms with E-state index in [-0.39, 0.29) is 16.5 Å². The average molecular weight is 365 g/mol. The molecule has 0 N–H and O–H groups in total. The molecule has 128 valence electrons. The highest BCUT2D eigenvalue weighted by Gasteiger charge is 2.29. The Morgan fingerprint density at radius 2 is 1.96 bits per heavy atom. The van der Waals surface area contributed by atoms with Gasteiger partial charge in [0.25, 0.3) is 0 Å². The van der Waals surface area contributed by atoms with Crippen LogP contribution in [-0.2, 0) is 0 Å². The molecule has 0 unspecified atom stereocenters. The van der Waals surface area contributed by atoms with Crippen LogP contribution < -0.4 is 14.6 Å². The predicted octanol–water partition coefficient (Wildman–Crippen LogP) is 2.97. The third kappa shape index (κ3) is 4.72. The van der Waals surface area contributed by atoms with E-state index < -0.39 is 36.0 Å². The van der Waals surface area contributed by atoms with Crippen LogP contribution >= 0.6 is 11.6 Å². The van der Waals surface area contributed by atoms with E-state index in [1.807, 2.05) is 0 Å². The van der Waals surface area contributed by atoms with Crippen LogP contribution in [0.3, 0.4) is 0 Å². The fourth-order valence-electron chi connectivity index (χ4n) is 1.58. The number of carboxylic acid groups (broad SMARTS) is 1. The second kappa shape index (κ2) is 6.91. The minimum atomic E-state index is -4.54. The van der Waals surface area contributed by atoms with Gasteiger partial charge in [-0.25, -0.2) is 9.37 Å². The van der Waals surface area contributed by atoms with Crippen LogP contribution in [0.25, 0.3) is 0 Å². The number of pyridine rings is 1. The van der Waals surface area contributed by atoms with Gasteiger partial charge in [0.2, 0.25) is 5.88 Å². The number of hydrogen-bond acceptors (Lipinski definition) is 5. The molecule has 0 aliphatic carbocycles. The molecule has 0 radical (unpaired) electrons. The monoisotopic (exact) mass is 364 g/mol. The molecule has 1 aromatic carbocycles. The largest absolute Gasteiger partial charge is 0.545 e. The van der Waals surface area contributed by atoms with E-state index >= 15 is 0 Å². The van der Waals surface area contributed by atoms with E-state index in [0.29, 0.717) is 0 Å². The fraction of sp³-hybridized carbons (Fsp3) is 0.143. The highest BCUT2D eigenvalue weighted by atomic mass is 35.5. The van der Waals surface area contributed by atoms with Crippen molar-refractivity contribution >= 4 is 17.6 Å². The average Bonchev–Trinajstić information content (AvgIpc) is 2.45. The van der Waals surface area contributed by atoms with Gasteiger partial charge < -0.3 is 19.4 Å². The SMILES string of the molecule is O=C([O-])c1ccc(Oc2cnc(OCC(F)(F)F)c(Cl)c2)cc1F. The summed E-state index contributed by atoms with van der Waals surface area (Å²) < 4.78 is 59.3. The normalized spacial score (nSPS) is 11.2. The van der Waals surface area contributed by atoms with Crippen molar-refractivity contribution in [1.82, 2.24) is 4.98 Å². The van der Waals surface area contributed by atoms with E-state index in [9.17, 15) is 27.5 Å². The lowest BCUT2D eigenvalue weighted by molar-refractivity contribution is -0.255. The lowest BCUT2D eigenvalue weighted by Gasteiger charge is -2.11. The summed E-state index contributed by atoms with van der Waals surface area (Å²) in [5.41, 5.74) is -0.644. The van der Waals surface area contributed by atoms with Gasteiger partial charge in [0.05, 0.1) is 12.2 Å². The molecule has 0 saturated heterocycles. The molecule has 2 aromatic rings. The van der Waals surface area contributed by atoms with Crippen molar-refractivity contribution in [2.45, 2.75) is 6.18 Å². The maximum absolute atomic E-state index is 13.5. The topological polar surface area (TPSA) is 71.5 Å². The number of carbonyl (C=O) groups is 1. The number of hydrogen-bond donors (Lipinski definition) is 0. The molecule has 0 bridgehead atoms. The summed E-state index contributed by atoms with van der Waals surface area (Å²) >= 11 is 5.73. The highest BCUT2D eigenvalue weighted by molar-refractivity contribution is 6.31. The molecule has 24 heavy (non-hydrogen) atoms. The van der Waals surface area contributed by atoms with Crippen molar-refractivity contribution in [1.29, 1.82) is 0 Å². The third-order valence-corrected chi connectivity index (χ3v) is 2.82. The Balaban J connectivity index is 2.12. The fourth-order valence-corrected chi connectivity index (χ4v) is 1.79. The standard InChI is InChI=1S/C14H8ClF4NO4/c15-10-3-8(5-20-12(10)23-6-14(17,18)19)24-7-1-2-9(13(21)22)11(16)4-7/h1-5H,6H2,(H,21,22)/p-1. The molecule has 0 amide bonds. The number of carbonyl (C=O) groups excluding carboxylic acids is 1.